The number of rotatable bonds is 4. The van der Waals surface area contributed by atoms with Gasteiger partial charge in [-0.1, -0.05) is 32.4 Å². The molecule has 2 heteroatoms. The third kappa shape index (κ3) is 4.82. The minimum Gasteiger partial charge on any atom is -0.462 e. The molecule has 1 unspecified atom stereocenters. The molecule has 2 nitrogen and oxygen atoms in total. The van der Waals surface area contributed by atoms with Crippen molar-refractivity contribution >= 4 is 5.97 Å². The lowest BCUT2D eigenvalue weighted by atomic mass is 9.97. The van der Waals surface area contributed by atoms with Crippen LogP contribution in [0.25, 0.3) is 0 Å². The normalized spacial score (nSPS) is 20.2. The van der Waals surface area contributed by atoms with Gasteiger partial charge in [0.15, 0.2) is 0 Å². The standard InChI is InChI=1S/C14H24O2/c1-11(2)9-10-12(3)14(15)16-13-7-5-4-6-8-13/h9-13H,4-8H2,1-3H3/b10-9-. The summed E-state index contributed by atoms with van der Waals surface area (Å²) < 4.78 is 5.50. The van der Waals surface area contributed by atoms with E-state index >= 15 is 0 Å². The number of carbonyl (C=O) groups excluding carboxylic acids is 1. The number of hydrogen-bond donors (Lipinski definition) is 0. The molecule has 16 heavy (non-hydrogen) atoms. The smallest absolute Gasteiger partial charge is 0.312 e. The Morgan fingerprint density at radius 1 is 1.12 bits per heavy atom. The van der Waals surface area contributed by atoms with Crippen LogP contribution in [0, 0.1) is 11.8 Å². The molecule has 1 aliphatic rings. The van der Waals surface area contributed by atoms with Crippen molar-refractivity contribution in [1.82, 2.24) is 0 Å². The van der Waals surface area contributed by atoms with E-state index in [1.807, 2.05) is 13.0 Å². The molecule has 0 radical (unpaired) electrons. The summed E-state index contributed by atoms with van der Waals surface area (Å²) in [4.78, 5) is 11.8. The Kier molecular flexibility index (Phi) is 5.58. The SMILES string of the molecule is CC(C)/C=C\C(C)C(=O)OC1CCCCC1. The first-order valence-corrected chi connectivity index (χ1v) is 6.48. The molecule has 0 N–H and O–H groups in total. The van der Waals surface area contributed by atoms with Crippen LogP contribution < -0.4 is 0 Å². The van der Waals surface area contributed by atoms with Gasteiger partial charge >= 0.3 is 5.97 Å². The third-order valence-corrected chi connectivity index (χ3v) is 2.99. The minimum atomic E-state index is -0.107. The van der Waals surface area contributed by atoms with Gasteiger partial charge in [0.05, 0.1) is 5.92 Å². The van der Waals surface area contributed by atoms with Crippen molar-refractivity contribution in [3.8, 4) is 0 Å². The van der Waals surface area contributed by atoms with Crippen LogP contribution in [0.15, 0.2) is 12.2 Å². The Hall–Kier alpha value is -0.790. The largest absolute Gasteiger partial charge is 0.462 e. The zero-order chi connectivity index (χ0) is 12.0. The molecule has 0 bridgehead atoms. The summed E-state index contributed by atoms with van der Waals surface area (Å²) in [7, 11) is 0. The fourth-order valence-electron chi connectivity index (χ4n) is 1.92. The van der Waals surface area contributed by atoms with Crippen molar-refractivity contribution in [3.05, 3.63) is 12.2 Å². The molecule has 0 aromatic heterocycles. The first-order valence-electron chi connectivity index (χ1n) is 6.48. The van der Waals surface area contributed by atoms with E-state index in [9.17, 15) is 4.79 Å². The van der Waals surface area contributed by atoms with E-state index in [-0.39, 0.29) is 18.0 Å². The van der Waals surface area contributed by atoms with Crippen LogP contribution in [0.5, 0.6) is 0 Å². The fraction of sp³-hybridized carbons (Fsp3) is 0.786. The van der Waals surface area contributed by atoms with Crippen LogP contribution in [-0.2, 0) is 9.53 Å². The monoisotopic (exact) mass is 224 g/mol. The van der Waals surface area contributed by atoms with Gasteiger partial charge in [-0.15, -0.1) is 0 Å². The molecule has 0 aliphatic heterocycles. The van der Waals surface area contributed by atoms with Gasteiger partial charge in [-0.05, 0) is 38.5 Å². The molecule has 1 fully saturated rings. The highest BCUT2D eigenvalue weighted by Gasteiger charge is 2.20. The van der Waals surface area contributed by atoms with Crippen molar-refractivity contribution in [2.24, 2.45) is 11.8 Å². The van der Waals surface area contributed by atoms with Gasteiger partial charge < -0.3 is 4.74 Å². The van der Waals surface area contributed by atoms with Gasteiger partial charge in [0.1, 0.15) is 6.10 Å². The second-order valence-electron chi connectivity index (χ2n) is 5.11. The van der Waals surface area contributed by atoms with Crippen molar-refractivity contribution in [3.63, 3.8) is 0 Å². The Labute approximate surface area is 99.1 Å². The minimum absolute atomic E-state index is 0.0659. The van der Waals surface area contributed by atoms with Gasteiger partial charge in [-0.2, -0.15) is 0 Å². The number of carbonyl (C=O) groups is 1. The van der Waals surface area contributed by atoms with E-state index in [1.165, 1.54) is 19.3 Å². The summed E-state index contributed by atoms with van der Waals surface area (Å²) in [5, 5.41) is 0. The fourth-order valence-corrected chi connectivity index (χ4v) is 1.92. The highest BCUT2D eigenvalue weighted by molar-refractivity contribution is 5.74. The molecule has 1 aliphatic carbocycles. The molecule has 1 rings (SSSR count). The van der Waals surface area contributed by atoms with Crippen LogP contribution in [0.1, 0.15) is 52.9 Å². The Morgan fingerprint density at radius 2 is 1.75 bits per heavy atom. The van der Waals surface area contributed by atoms with Crippen LogP contribution >= 0.6 is 0 Å². The highest BCUT2D eigenvalue weighted by Crippen LogP contribution is 2.21. The maximum atomic E-state index is 11.8. The van der Waals surface area contributed by atoms with E-state index in [1.54, 1.807) is 0 Å². The highest BCUT2D eigenvalue weighted by atomic mass is 16.5. The topological polar surface area (TPSA) is 26.3 Å². The predicted octanol–water partition coefficient (Wildman–Crippen LogP) is 3.71. The number of ether oxygens (including phenoxy) is 1. The van der Waals surface area contributed by atoms with Gasteiger partial charge in [0.25, 0.3) is 0 Å². The average Bonchev–Trinajstić information content (AvgIpc) is 2.27. The van der Waals surface area contributed by atoms with Gasteiger partial charge in [-0.25, -0.2) is 0 Å². The lowest BCUT2D eigenvalue weighted by Gasteiger charge is -2.22. The van der Waals surface area contributed by atoms with Crippen molar-refractivity contribution in [2.45, 2.75) is 59.0 Å². The summed E-state index contributed by atoms with van der Waals surface area (Å²) in [5.74, 6) is 0.318. The predicted molar refractivity (Wildman–Crippen MR) is 66.1 cm³/mol. The molecule has 1 atom stereocenters. The second kappa shape index (κ2) is 6.72. The van der Waals surface area contributed by atoms with Crippen LogP contribution in [0.3, 0.4) is 0 Å². The number of esters is 1. The molecule has 0 spiro atoms. The van der Waals surface area contributed by atoms with E-state index in [2.05, 4.69) is 19.9 Å². The summed E-state index contributed by atoms with van der Waals surface area (Å²) >= 11 is 0. The summed E-state index contributed by atoms with van der Waals surface area (Å²) in [5.41, 5.74) is 0. The third-order valence-electron chi connectivity index (χ3n) is 2.99. The molecule has 92 valence electrons. The molecule has 0 aromatic rings. The summed E-state index contributed by atoms with van der Waals surface area (Å²) in [6.07, 6.45) is 9.98. The van der Waals surface area contributed by atoms with Crippen LogP contribution in [-0.4, -0.2) is 12.1 Å². The second-order valence-corrected chi connectivity index (χ2v) is 5.11. The summed E-state index contributed by atoms with van der Waals surface area (Å²) in [6.45, 7) is 6.12. The quantitative estimate of drug-likeness (QED) is 0.537. The number of hydrogen-bond acceptors (Lipinski definition) is 2. The molecule has 0 amide bonds. The first kappa shape index (κ1) is 13.3. The van der Waals surface area contributed by atoms with E-state index in [0.29, 0.717) is 5.92 Å². The molecular formula is C14H24O2. The molecule has 0 saturated heterocycles. The number of allylic oxidation sites excluding steroid dienone is 1. The van der Waals surface area contributed by atoms with E-state index in [4.69, 9.17) is 4.74 Å². The molecule has 0 heterocycles. The summed E-state index contributed by atoms with van der Waals surface area (Å²) in [6, 6.07) is 0. The van der Waals surface area contributed by atoms with E-state index in [0.717, 1.165) is 12.8 Å². The lowest BCUT2D eigenvalue weighted by molar-refractivity contribution is -0.153. The van der Waals surface area contributed by atoms with Gasteiger partial charge in [0, 0.05) is 0 Å². The zero-order valence-corrected chi connectivity index (χ0v) is 10.7. The zero-order valence-electron chi connectivity index (χ0n) is 10.7. The van der Waals surface area contributed by atoms with Crippen LogP contribution in [0.4, 0.5) is 0 Å². The van der Waals surface area contributed by atoms with Crippen molar-refractivity contribution in [2.75, 3.05) is 0 Å². The first-order chi connectivity index (χ1) is 7.59. The van der Waals surface area contributed by atoms with Gasteiger partial charge in [0.2, 0.25) is 0 Å². The van der Waals surface area contributed by atoms with Crippen molar-refractivity contribution < 1.29 is 9.53 Å². The lowest BCUT2D eigenvalue weighted by Crippen LogP contribution is -2.24. The Balaban J connectivity index is 2.32. The maximum absolute atomic E-state index is 11.8. The Bertz CT molecular complexity index is 237. The van der Waals surface area contributed by atoms with Gasteiger partial charge in [-0.3, -0.25) is 4.79 Å². The molecule has 0 aromatic carbocycles. The maximum Gasteiger partial charge on any atom is 0.312 e. The van der Waals surface area contributed by atoms with E-state index < -0.39 is 0 Å². The van der Waals surface area contributed by atoms with Crippen molar-refractivity contribution in [1.29, 1.82) is 0 Å². The average molecular weight is 224 g/mol. The molecule has 1 saturated carbocycles. The Morgan fingerprint density at radius 3 is 2.31 bits per heavy atom. The van der Waals surface area contributed by atoms with Crippen LogP contribution in [0.2, 0.25) is 0 Å². The molecular weight excluding hydrogens is 200 g/mol.